The number of ether oxygens (including phenoxy) is 2. The Labute approximate surface area is 149 Å². The molecule has 0 amide bonds. The third-order valence-corrected chi connectivity index (χ3v) is 3.93. The van der Waals surface area contributed by atoms with Gasteiger partial charge in [0.2, 0.25) is 0 Å². The van der Waals surface area contributed by atoms with Gasteiger partial charge >= 0.3 is 0 Å². The monoisotopic (exact) mass is 419 g/mol. The van der Waals surface area contributed by atoms with Crippen molar-refractivity contribution in [3.63, 3.8) is 0 Å². The van der Waals surface area contributed by atoms with Crippen molar-refractivity contribution >= 4 is 29.9 Å². The highest BCUT2D eigenvalue weighted by molar-refractivity contribution is 14.0. The molecule has 5 nitrogen and oxygen atoms in total. The molecule has 22 heavy (non-hydrogen) atoms. The second-order valence-electron chi connectivity index (χ2n) is 5.38. The molecule has 0 spiro atoms. The summed E-state index contributed by atoms with van der Waals surface area (Å²) in [5.41, 5.74) is 6.97. The third-order valence-electron chi connectivity index (χ3n) is 3.93. The fourth-order valence-corrected chi connectivity index (χ4v) is 2.36. The van der Waals surface area contributed by atoms with Gasteiger partial charge in [-0.3, -0.25) is 4.99 Å². The summed E-state index contributed by atoms with van der Waals surface area (Å²) < 4.78 is 10.6. The van der Waals surface area contributed by atoms with E-state index in [0.717, 1.165) is 42.5 Å². The lowest BCUT2D eigenvalue weighted by atomic mass is 9.86. The van der Waals surface area contributed by atoms with Crippen LogP contribution in [-0.4, -0.2) is 33.3 Å². The Morgan fingerprint density at radius 2 is 2.09 bits per heavy atom. The second kappa shape index (κ2) is 9.76. The van der Waals surface area contributed by atoms with E-state index in [2.05, 4.69) is 10.3 Å². The van der Waals surface area contributed by atoms with Gasteiger partial charge in [0, 0.05) is 13.1 Å². The molecule has 1 aliphatic carbocycles. The van der Waals surface area contributed by atoms with E-state index in [9.17, 15) is 0 Å². The molecule has 1 saturated carbocycles. The van der Waals surface area contributed by atoms with Gasteiger partial charge < -0.3 is 20.5 Å². The molecular formula is C16H26IN3O2. The first kappa shape index (κ1) is 18.9. The number of nitrogens with one attached hydrogen (secondary N) is 1. The van der Waals surface area contributed by atoms with Crippen LogP contribution in [0.4, 0.5) is 0 Å². The molecule has 0 aromatic heterocycles. The molecule has 0 aliphatic heterocycles. The minimum atomic E-state index is 0. The smallest absolute Gasteiger partial charge is 0.188 e. The van der Waals surface area contributed by atoms with Crippen molar-refractivity contribution in [2.45, 2.75) is 25.7 Å². The van der Waals surface area contributed by atoms with Crippen LogP contribution in [0.15, 0.2) is 23.2 Å². The number of guanidine groups is 1. The molecule has 3 N–H and O–H groups in total. The summed E-state index contributed by atoms with van der Waals surface area (Å²) in [5.74, 6) is 2.97. The molecule has 0 heterocycles. The molecule has 1 aromatic rings. The van der Waals surface area contributed by atoms with Crippen molar-refractivity contribution < 1.29 is 9.47 Å². The van der Waals surface area contributed by atoms with E-state index in [1.165, 1.54) is 19.3 Å². The predicted octanol–water partition coefficient (Wildman–Crippen LogP) is 2.57. The van der Waals surface area contributed by atoms with E-state index < -0.39 is 0 Å². The fourth-order valence-electron chi connectivity index (χ4n) is 2.36. The maximum absolute atomic E-state index is 5.87. The molecule has 0 saturated heterocycles. The van der Waals surface area contributed by atoms with Gasteiger partial charge in [-0.15, -0.1) is 24.0 Å². The van der Waals surface area contributed by atoms with Crippen LogP contribution in [-0.2, 0) is 6.42 Å². The Kier molecular flexibility index (Phi) is 8.37. The Hall–Kier alpha value is -1.18. The van der Waals surface area contributed by atoms with Crippen LogP contribution >= 0.6 is 24.0 Å². The molecule has 124 valence electrons. The SMILES string of the molecule is COc1ccc(OC)c(CCNC(N)=NCC2CCC2)c1.I. The zero-order valence-corrected chi connectivity index (χ0v) is 15.6. The first-order valence-corrected chi connectivity index (χ1v) is 7.47. The van der Waals surface area contributed by atoms with Crippen LogP contribution in [0.1, 0.15) is 24.8 Å². The number of halogens is 1. The molecule has 1 fully saturated rings. The highest BCUT2D eigenvalue weighted by Gasteiger charge is 2.16. The molecule has 0 unspecified atom stereocenters. The lowest BCUT2D eigenvalue weighted by molar-refractivity contribution is 0.326. The molecule has 2 rings (SSSR count). The summed E-state index contributed by atoms with van der Waals surface area (Å²) in [7, 11) is 3.34. The van der Waals surface area contributed by atoms with Gasteiger partial charge in [-0.2, -0.15) is 0 Å². The summed E-state index contributed by atoms with van der Waals surface area (Å²) >= 11 is 0. The summed E-state index contributed by atoms with van der Waals surface area (Å²) in [5, 5.41) is 3.15. The van der Waals surface area contributed by atoms with Gasteiger partial charge in [-0.25, -0.2) is 0 Å². The molecule has 1 aromatic carbocycles. The first-order chi connectivity index (χ1) is 10.2. The van der Waals surface area contributed by atoms with Crippen LogP contribution in [0.2, 0.25) is 0 Å². The van der Waals surface area contributed by atoms with E-state index >= 15 is 0 Å². The van der Waals surface area contributed by atoms with Gasteiger partial charge in [-0.05, 0) is 48.9 Å². The predicted molar refractivity (Wildman–Crippen MR) is 100 cm³/mol. The van der Waals surface area contributed by atoms with Crippen molar-refractivity contribution in [2.24, 2.45) is 16.6 Å². The van der Waals surface area contributed by atoms with Crippen LogP contribution < -0.4 is 20.5 Å². The standard InChI is InChI=1S/C16H25N3O2.HI/c1-20-14-6-7-15(21-2)13(10-14)8-9-18-16(17)19-11-12-4-3-5-12;/h6-7,10,12H,3-5,8-9,11H2,1-2H3,(H3,17,18,19);1H. The second-order valence-corrected chi connectivity index (χ2v) is 5.38. The van der Waals surface area contributed by atoms with Gasteiger partial charge in [-0.1, -0.05) is 6.42 Å². The zero-order chi connectivity index (χ0) is 15.1. The minimum Gasteiger partial charge on any atom is -0.497 e. The molecule has 6 heteroatoms. The van der Waals surface area contributed by atoms with Gasteiger partial charge in [0.1, 0.15) is 11.5 Å². The van der Waals surface area contributed by atoms with Crippen LogP contribution in [0.3, 0.4) is 0 Å². The maximum atomic E-state index is 5.87. The van der Waals surface area contributed by atoms with E-state index in [4.69, 9.17) is 15.2 Å². The Balaban J connectivity index is 0.00000242. The molecule has 0 atom stereocenters. The van der Waals surface area contributed by atoms with Gasteiger partial charge in [0.15, 0.2) is 5.96 Å². The van der Waals surface area contributed by atoms with Crippen molar-refractivity contribution in [1.29, 1.82) is 0 Å². The van der Waals surface area contributed by atoms with Crippen molar-refractivity contribution in [3.05, 3.63) is 23.8 Å². The number of benzene rings is 1. The number of hydrogen-bond acceptors (Lipinski definition) is 3. The molecular weight excluding hydrogens is 393 g/mol. The topological polar surface area (TPSA) is 68.9 Å². The number of rotatable bonds is 7. The van der Waals surface area contributed by atoms with E-state index in [1.807, 2.05) is 18.2 Å². The highest BCUT2D eigenvalue weighted by atomic mass is 127. The maximum Gasteiger partial charge on any atom is 0.188 e. The number of nitrogens with two attached hydrogens (primary N) is 1. The fraction of sp³-hybridized carbons (Fsp3) is 0.562. The molecule has 0 bridgehead atoms. The summed E-state index contributed by atoms with van der Waals surface area (Å²) in [6, 6.07) is 5.80. The highest BCUT2D eigenvalue weighted by Crippen LogP contribution is 2.26. The van der Waals surface area contributed by atoms with Gasteiger partial charge in [0.25, 0.3) is 0 Å². The Bertz CT molecular complexity index is 490. The largest absolute Gasteiger partial charge is 0.497 e. The van der Waals surface area contributed by atoms with Crippen molar-refractivity contribution in [2.75, 3.05) is 27.3 Å². The summed E-state index contributed by atoms with van der Waals surface area (Å²) in [6.45, 7) is 1.57. The lowest BCUT2D eigenvalue weighted by Gasteiger charge is -2.23. The van der Waals surface area contributed by atoms with E-state index in [1.54, 1.807) is 14.2 Å². The zero-order valence-electron chi connectivity index (χ0n) is 13.3. The number of aliphatic imine (C=N–C) groups is 1. The third kappa shape index (κ3) is 5.55. The van der Waals surface area contributed by atoms with E-state index in [0.29, 0.717) is 5.96 Å². The van der Waals surface area contributed by atoms with Crippen LogP contribution in [0.25, 0.3) is 0 Å². The summed E-state index contributed by atoms with van der Waals surface area (Å²) in [6.07, 6.45) is 4.72. The quantitative estimate of drug-likeness (QED) is 0.405. The Morgan fingerprint density at radius 3 is 2.68 bits per heavy atom. The van der Waals surface area contributed by atoms with E-state index in [-0.39, 0.29) is 24.0 Å². The number of methoxy groups -OCH3 is 2. The van der Waals surface area contributed by atoms with Crippen LogP contribution in [0.5, 0.6) is 11.5 Å². The normalized spacial score (nSPS) is 14.7. The molecule has 0 radical (unpaired) electrons. The lowest BCUT2D eigenvalue weighted by Crippen LogP contribution is -2.34. The number of hydrogen-bond donors (Lipinski definition) is 2. The number of nitrogens with zero attached hydrogens (tertiary/aromatic N) is 1. The van der Waals surface area contributed by atoms with Crippen molar-refractivity contribution in [3.8, 4) is 11.5 Å². The minimum absolute atomic E-state index is 0. The summed E-state index contributed by atoms with van der Waals surface area (Å²) in [4.78, 5) is 4.38. The first-order valence-electron chi connectivity index (χ1n) is 7.47. The average molecular weight is 419 g/mol. The van der Waals surface area contributed by atoms with Gasteiger partial charge in [0.05, 0.1) is 14.2 Å². The Morgan fingerprint density at radius 1 is 1.32 bits per heavy atom. The molecule has 1 aliphatic rings. The average Bonchev–Trinajstić information content (AvgIpc) is 2.45. The van der Waals surface area contributed by atoms with Crippen molar-refractivity contribution in [1.82, 2.24) is 5.32 Å². The van der Waals surface area contributed by atoms with Crippen LogP contribution in [0, 0.1) is 5.92 Å².